The van der Waals surface area contributed by atoms with Crippen LogP contribution in [0.3, 0.4) is 0 Å². The predicted molar refractivity (Wildman–Crippen MR) is 84.9 cm³/mol. The third kappa shape index (κ3) is 2.38. The molecule has 120 valence electrons. The first-order chi connectivity index (χ1) is 9.90. The van der Waals surface area contributed by atoms with Crippen LogP contribution in [0.4, 0.5) is 0 Å². The van der Waals surface area contributed by atoms with Crippen LogP contribution in [0.25, 0.3) is 0 Å². The van der Waals surface area contributed by atoms with Gasteiger partial charge in [0.15, 0.2) is 0 Å². The summed E-state index contributed by atoms with van der Waals surface area (Å²) in [7, 11) is 0. The summed E-state index contributed by atoms with van der Waals surface area (Å²) < 4.78 is 0. The number of hydrogen-bond acceptors (Lipinski definition) is 2. The molecule has 0 aromatic carbocycles. The average Bonchev–Trinajstić information content (AvgIpc) is 2.44. The second kappa shape index (κ2) is 5.37. The third-order valence-corrected chi connectivity index (χ3v) is 7.40. The molecule has 0 bridgehead atoms. The molecule has 0 saturated heterocycles. The fourth-order valence-corrected chi connectivity index (χ4v) is 6.06. The summed E-state index contributed by atoms with van der Waals surface area (Å²) in [6.45, 7) is 6.84. The predicted octanol–water partition coefficient (Wildman–Crippen LogP) is 4.35. The van der Waals surface area contributed by atoms with Gasteiger partial charge in [0.25, 0.3) is 0 Å². The molecule has 2 nitrogen and oxygen atoms in total. The van der Waals surface area contributed by atoms with Crippen LogP contribution in [-0.2, 0) is 4.79 Å². The van der Waals surface area contributed by atoms with Gasteiger partial charge >= 0.3 is 0 Å². The summed E-state index contributed by atoms with van der Waals surface area (Å²) in [5.74, 6) is 2.12. The summed E-state index contributed by atoms with van der Waals surface area (Å²) in [5.41, 5.74) is 0.263. The zero-order valence-electron chi connectivity index (χ0n) is 14.0. The molecular formula is C19H32O2. The van der Waals surface area contributed by atoms with Crippen molar-refractivity contribution >= 4 is 5.78 Å². The van der Waals surface area contributed by atoms with E-state index in [0.717, 1.165) is 51.4 Å². The maximum absolute atomic E-state index is 13.1. The van der Waals surface area contributed by atoms with Crippen molar-refractivity contribution in [1.29, 1.82) is 0 Å². The summed E-state index contributed by atoms with van der Waals surface area (Å²) in [5, 5.41) is 10.00. The van der Waals surface area contributed by atoms with Crippen molar-refractivity contribution < 1.29 is 9.90 Å². The zero-order valence-corrected chi connectivity index (χ0v) is 14.0. The van der Waals surface area contributed by atoms with Gasteiger partial charge in [0, 0.05) is 11.3 Å². The fourth-order valence-electron chi connectivity index (χ4n) is 6.06. The van der Waals surface area contributed by atoms with Gasteiger partial charge < -0.3 is 5.11 Å². The minimum Gasteiger partial charge on any atom is -0.393 e. The average molecular weight is 292 g/mol. The van der Waals surface area contributed by atoms with Crippen molar-refractivity contribution in [1.82, 2.24) is 0 Å². The van der Waals surface area contributed by atoms with Crippen molar-refractivity contribution in [2.45, 2.75) is 84.7 Å². The lowest BCUT2D eigenvalue weighted by Crippen LogP contribution is -2.54. The second-order valence-corrected chi connectivity index (χ2v) is 8.63. The van der Waals surface area contributed by atoms with E-state index in [9.17, 15) is 9.90 Å². The number of aliphatic hydroxyl groups excluding tert-OH is 1. The highest BCUT2D eigenvalue weighted by Crippen LogP contribution is 2.60. The monoisotopic (exact) mass is 292 g/mol. The van der Waals surface area contributed by atoms with Crippen LogP contribution < -0.4 is 0 Å². The Kier molecular flexibility index (Phi) is 3.97. The van der Waals surface area contributed by atoms with Crippen molar-refractivity contribution in [3.05, 3.63) is 0 Å². The van der Waals surface area contributed by atoms with Crippen molar-refractivity contribution in [2.24, 2.45) is 28.6 Å². The molecule has 3 fully saturated rings. The van der Waals surface area contributed by atoms with Crippen LogP contribution in [0.5, 0.6) is 0 Å². The van der Waals surface area contributed by atoms with E-state index >= 15 is 0 Å². The molecule has 0 spiro atoms. The molecule has 3 rings (SSSR count). The SMILES string of the molecule is CCC[C@@]1(C)CC[C@H]2[C@@H](CC[C@@H]3C[C@@H](O)CC[C@@]32C)C1=O. The smallest absolute Gasteiger partial charge is 0.142 e. The Balaban J connectivity index is 1.83. The van der Waals surface area contributed by atoms with E-state index in [1.165, 1.54) is 6.42 Å². The lowest BCUT2D eigenvalue weighted by molar-refractivity contribution is -0.153. The van der Waals surface area contributed by atoms with Crippen LogP contribution >= 0.6 is 0 Å². The first kappa shape index (κ1) is 15.5. The summed E-state index contributed by atoms with van der Waals surface area (Å²) >= 11 is 0. The molecule has 0 heterocycles. The van der Waals surface area contributed by atoms with E-state index in [4.69, 9.17) is 0 Å². The van der Waals surface area contributed by atoms with Crippen molar-refractivity contribution in [3.63, 3.8) is 0 Å². The number of carbonyl (C=O) groups excluding carboxylic acids is 1. The van der Waals surface area contributed by atoms with Crippen LogP contribution in [-0.4, -0.2) is 17.0 Å². The van der Waals surface area contributed by atoms with Gasteiger partial charge in [0.2, 0.25) is 0 Å². The van der Waals surface area contributed by atoms with Gasteiger partial charge in [0.05, 0.1) is 6.10 Å². The van der Waals surface area contributed by atoms with Gasteiger partial charge in [-0.25, -0.2) is 0 Å². The molecule has 6 atom stereocenters. The fraction of sp³-hybridized carbons (Fsp3) is 0.947. The Bertz CT molecular complexity index is 418. The number of hydrogen-bond donors (Lipinski definition) is 1. The summed E-state index contributed by atoms with van der Waals surface area (Å²) in [6, 6.07) is 0. The standard InChI is InChI=1S/C19H32O2/c1-4-9-18(2)10-8-16-15(17(18)21)6-5-13-12-14(20)7-11-19(13,16)3/h13-16,20H,4-12H2,1-3H3/t13-,14+,15-,16+,18+,19+/m1/s1. The van der Waals surface area contributed by atoms with Gasteiger partial charge in [-0.15, -0.1) is 0 Å². The van der Waals surface area contributed by atoms with E-state index < -0.39 is 0 Å². The van der Waals surface area contributed by atoms with E-state index in [1.54, 1.807) is 0 Å². The Labute approximate surface area is 129 Å². The molecule has 2 heteroatoms. The molecule has 3 aliphatic rings. The number of fused-ring (bicyclic) bond motifs is 3. The van der Waals surface area contributed by atoms with E-state index in [-0.39, 0.29) is 11.5 Å². The Morgan fingerprint density at radius 1 is 1.14 bits per heavy atom. The van der Waals surface area contributed by atoms with Crippen LogP contribution in [0, 0.1) is 28.6 Å². The molecule has 1 N–H and O–H groups in total. The molecule has 0 radical (unpaired) electrons. The quantitative estimate of drug-likeness (QED) is 0.821. The molecule has 0 aromatic heterocycles. The van der Waals surface area contributed by atoms with E-state index in [1.807, 2.05) is 0 Å². The Morgan fingerprint density at radius 3 is 2.62 bits per heavy atom. The highest BCUT2D eigenvalue weighted by atomic mass is 16.3. The minimum atomic E-state index is -0.0933. The first-order valence-corrected chi connectivity index (χ1v) is 9.13. The van der Waals surface area contributed by atoms with Crippen LogP contribution in [0.15, 0.2) is 0 Å². The molecular weight excluding hydrogens is 260 g/mol. The molecule has 3 aliphatic carbocycles. The van der Waals surface area contributed by atoms with Crippen molar-refractivity contribution in [3.8, 4) is 0 Å². The first-order valence-electron chi connectivity index (χ1n) is 9.13. The normalized spacial score (nSPS) is 50.4. The Hall–Kier alpha value is -0.370. The van der Waals surface area contributed by atoms with Gasteiger partial charge in [-0.3, -0.25) is 4.79 Å². The summed E-state index contributed by atoms with van der Waals surface area (Å²) in [6.07, 6.45) is 9.68. The lowest BCUT2D eigenvalue weighted by atomic mass is 9.47. The summed E-state index contributed by atoms with van der Waals surface area (Å²) in [4.78, 5) is 13.1. The third-order valence-electron chi connectivity index (χ3n) is 7.40. The van der Waals surface area contributed by atoms with Crippen LogP contribution in [0.1, 0.15) is 78.6 Å². The van der Waals surface area contributed by atoms with Gasteiger partial charge in [-0.1, -0.05) is 27.2 Å². The molecule has 0 aromatic rings. The van der Waals surface area contributed by atoms with Gasteiger partial charge in [-0.05, 0) is 68.6 Å². The largest absolute Gasteiger partial charge is 0.393 e. The maximum atomic E-state index is 13.1. The highest BCUT2D eigenvalue weighted by Gasteiger charge is 2.56. The van der Waals surface area contributed by atoms with Crippen molar-refractivity contribution in [2.75, 3.05) is 0 Å². The lowest BCUT2D eigenvalue weighted by Gasteiger charge is -2.57. The highest BCUT2D eigenvalue weighted by molar-refractivity contribution is 5.88. The number of ketones is 1. The number of aliphatic hydroxyl groups is 1. The molecule has 0 amide bonds. The molecule has 21 heavy (non-hydrogen) atoms. The van der Waals surface area contributed by atoms with E-state index in [0.29, 0.717) is 29.0 Å². The maximum Gasteiger partial charge on any atom is 0.142 e. The van der Waals surface area contributed by atoms with Crippen LogP contribution in [0.2, 0.25) is 0 Å². The molecule has 0 unspecified atom stereocenters. The topological polar surface area (TPSA) is 37.3 Å². The number of carbonyl (C=O) groups is 1. The Morgan fingerprint density at radius 2 is 1.90 bits per heavy atom. The number of rotatable bonds is 2. The van der Waals surface area contributed by atoms with Gasteiger partial charge in [-0.2, -0.15) is 0 Å². The number of Topliss-reactive ketones (excluding diaryl/α,β-unsaturated/α-hetero) is 1. The molecule has 3 saturated carbocycles. The van der Waals surface area contributed by atoms with E-state index in [2.05, 4.69) is 20.8 Å². The second-order valence-electron chi connectivity index (χ2n) is 8.63. The van der Waals surface area contributed by atoms with Gasteiger partial charge in [0.1, 0.15) is 5.78 Å². The molecule has 0 aliphatic heterocycles. The zero-order chi connectivity index (χ0) is 15.3. The minimum absolute atomic E-state index is 0.0483.